The molecule has 1 unspecified atom stereocenters. The SMILES string of the molecule is O=C(Nc1cccs1)N1CCCC(c2nnc(-c3ccsc3)o2)C1. The maximum Gasteiger partial charge on any atom is 0.322 e. The maximum atomic E-state index is 12.4. The Balaban J connectivity index is 1.44. The van der Waals surface area contributed by atoms with Gasteiger partial charge in [0.15, 0.2) is 0 Å². The van der Waals surface area contributed by atoms with Gasteiger partial charge in [-0.2, -0.15) is 11.3 Å². The number of amides is 2. The fourth-order valence-corrected chi connectivity index (χ4v) is 4.04. The third-order valence-electron chi connectivity index (χ3n) is 4.02. The molecule has 1 fully saturated rings. The molecule has 24 heavy (non-hydrogen) atoms. The van der Waals surface area contributed by atoms with Crippen LogP contribution in [-0.2, 0) is 0 Å². The quantitative estimate of drug-likeness (QED) is 0.757. The van der Waals surface area contributed by atoms with E-state index in [0.717, 1.165) is 30.0 Å². The molecule has 124 valence electrons. The molecule has 1 atom stereocenters. The molecule has 3 aromatic heterocycles. The van der Waals surface area contributed by atoms with E-state index in [1.165, 1.54) is 11.3 Å². The zero-order valence-corrected chi connectivity index (χ0v) is 14.5. The van der Waals surface area contributed by atoms with Gasteiger partial charge in [0.1, 0.15) is 0 Å². The first-order valence-electron chi connectivity index (χ1n) is 7.75. The molecule has 0 bridgehead atoms. The number of rotatable bonds is 3. The number of urea groups is 1. The number of aromatic nitrogens is 2. The van der Waals surface area contributed by atoms with Crippen molar-refractivity contribution in [2.75, 3.05) is 18.4 Å². The number of carbonyl (C=O) groups excluding carboxylic acids is 1. The molecule has 8 heteroatoms. The summed E-state index contributed by atoms with van der Waals surface area (Å²) >= 11 is 3.11. The van der Waals surface area contributed by atoms with Gasteiger partial charge in [-0.3, -0.25) is 5.32 Å². The molecule has 3 aromatic rings. The van der Waals surface area contributed by atoms with Gasteiger partial charge in [0.2, 0.25) is 11.8 Å². The van der Waals surface area contributed by atoms with Crippen LogP contribution in [0.1, 0.15) is 24.7 Å². The normalized spacial score (nSPS) is 17.8. The van der Waals surface area contributed by atoms with Crippen LogP contribution in [0.5, 0.6) is 0 Å². The lowest BCUT2D eigenvalue weighted by molar-refractivity contribution is 0.187. The summed E-state index contributed by atoms with van der Waals surface area (Å²) in [6, 6.07) is 5.71. The molecular weight excluding hydrogens is 344 g/mol. The predicted molar refractivity (Wildman–Crippen MR) is 94.5 cm³/mol. The molecule has 0 radical (unpaired) electrons. The molecular formula is C16H16N4O2S2. The van der Waals surface area contributed by atoms with Crippen molar-refractivity contribution in [2.24, 2.45) is 0 Å². The standard InChI is InChI=1S/C16H16N4O2S2/c21-16(17-13-4-2-7-24-13)20-6-1-3-11(9-20)14-18-19-15(22-14)12-5-8-23-10-12/h2,4-5,7-8,10-11H,1,3,6,9H2,(H,17,21). The second kappa shape index (κ2) is 6.74. The Labute approximate surface area is 147 Å². The van der Waals surface area contributed by atoms with Crippen LogP contribution in [0.2, 0.25) is 0 Å². The number of piperidine rings is 1. The molecule has 0 aromatic carbocycles. The molecule has 1 aliphatic heterocycles. The Kier molecular flexibility index (Phi) is 4.31. The lowest BCUT2D eigenvalue weighted by Crippen LogP contribution is -2.41. The van der Waals surface area contributed by atoms with Crippen molar-refractivity contribution in [3.63, 3.8) is 0 Å². The fraction of sp³-hybridized carbons (Fsp3) is 0.312. The summed E-state index contributed by atoms with van der Waals surface area (Å²) in [5.74, 6) is 1.25. The second-order valence-corrected chi connectivity index (χ2v) is 7.38. The van der Waals surface area contributed by atoms with Gasteiger partial charge >= 0.3 is 6.03 Å². The Morgan fingerprint density at radius 1 is 1.33 bits per heavy atom. The Hall–Kier alpha value is -2.19. The molecule has 0 saturated carbocycles. The third-order valence-corrected chi connectivity index (χ3v) is 5.49. The first-order valence-corrected chi connectivity index (χ1v) is 9.57. The van der Waals surface area contributed by atoms with Gasteiger partial charge in [0, 0.05) is 24.0 Å². The Bertz CT molecular complexity index is 798. The lowest BCUT2D eigenvalue weighted by atomic mass is 9.98. The van der Waals surface area contributed by atoms with E-state index < -0.39 is 0 Å². The monoisotopic (exact) mass is 360 g/mol. The van der Waals surface area contributed by atoms with Crippen molar-refractivity contribution in [1.29, 1.82) is 0 Å². The van der Waals surface area contributed by atoms with E-state index in [-0.39, 0.29) is 11.9 Å². The number of likely N-dealkylation sites (tertiary alicyclic amines) is 1. The first-order chi connectivity index (χ1) is 11.8. The zero-order chi connectivity index (χ0) is 16.4. The van der Waals surface area contributed by atoms with E-state index in [2.05, 4.69) is 15.5 Å². The average molecular weight is 360 g/mol. The van der Waals surface area contributed by atoms with Crippen LogP contribution in [-0.4, -0.2) is 34.2 Å². The van der Waals surface area contributed by atoms with Crippen molar-refractivity contribution in [1.82, 2.24) is 15.1 Å². The van der Waals surface area contributed by atoms with E-state index >= 15 is 0 Å². The van der Waals surface area contributed by atoms with Crippen molar-refractivity contribution < 1.29 is 9.21 Å². The fourth-order valence-electron chi connectivity index (χ4n) is 2.80. The first kappa shape index (κ1) is 15.3. The van der Waals surface area contributed by atoms with E-state index in [9.17, 15) is 4.79 Å². The smallest absolute Gasteiger partial charge is 0.322 e. The van der Waals surface area contributed by atoms with Crippen LogP contribution >= 0.6 is 22.7 Å². The molecule has 1 N–H and O–H groups in total. The largest absolute Gasteiger partial charge is 0.420 e. The van der Waals surface area contributed by atoms with Gasteiger partial charge in [0.25, 0.3) is 0 Å². The summed E-state index contributed by atoms with van der Waals surface area (Å²) in [6.07, 6.45) is 1.88. The highest BCUT2D eigenvalue weighted by Crippen LogP contribution is 2.29. The third kappa shape index (κ3) is 3.20. The van der Waals surface area contributed by atoms with Gasteiger partial charge in [-0.25, -0.2) is 4.79 Å². The van der Waals surface area contributed by atoms with E-state index in [1.807, 2.05) is 39.2 Å². The number of anilines is 1. The molecule has 6 nitrogen and oxygen atoms in total. The van der Waals surface area contributed by atoms with Crippen LogP contribution < -0.4 is 5.32 Å². The average Bonchev–Trinajstić information content (AvgIpc) is 3.36. The van der Waals surface area contributed by atoms with E-state index in [0.29, 0.717) is 18.3 Å². The highest BCUT2D eigenvalue weighted by atomic mass is 32.1. The minimum atomic E-state index is -0.0697. The summed E-state index contributed by atoms with van der Waals surface area (Å²) in [5.41, 5.74) is 0.946. The van der Waals surface area contributed by atoms with Crippen LogP contribution in [0.25, 0.3) is 11.5 Å². The van der Waals surface area contributed by atoms with E-state index in [4.69, 9.17) is 4.42 Å². The van der Waals surface area contributed by atoms with Crippen LogP contribution in [0.4, 0.5) is 9.80 Å². The van der Waals surface area contributed by atoms with Crippen molar-refractivity contribution >= 4 is 33.7 Å². The minimum Gasteiger partial charge on any atom is -0.420 e. The number of nitrogens with one attached hydrogen (secondary N) is 1. The van der Waals surface area contributed by atoms with Gasteiger partial charge in [-0.05, 0) is 41.8 Å². The Morgan fingerprint density at radius 2 is 2.29 bits per heavy atom. The van der Waals surface area contributed by atoms with Crippen LogP contribution in [0.15, 0.2) is 38.8 Å². The molecule has 0 aliphatic carbocycles. The predicted octanol–water partition coefficient (Wildman–Crippen LogP) is 4.27. The summed E-state index contributed by atoms with van der Waals surface area (Å²) in [7, 11) is 0. The van der Waals surface area contributed by atoms with Crippen molar-refractivity contribution in [2.45, 2.75) is 18.8 Å². The van der Waals surface area contributed by atoms with Gasteiger partial charge in [-0.15, -0.1) is 21.5 Å². The Morgan fingerprint density at radius 3 is 3.08 bits per heavy atom. The molecule has 0 spiro atoms. The molecule has 1 aliphatic rings. The lowest BCUT2D eigenvalue weighted by Gasteiger charge is -2.30. The van der Waals surface area contributed by atoms with Gasteiger partial charge in [0.05, 0.1) is 10.9 Å². The van der Waals surface area contributed by atoms with Crippen LogP contribution in [0.3, 0.4) is 0 Å². The number of hydrogen-bond acceptors (Lipinski definition) is 6. The highest BCUT2D eigenvalue weighted by molar-refractivity contribution is 7.14. The number of carbonyl (C=O) groups is 1. The van der Waals surface area contributed by atoms with E-state index in [1.54, 1.807) is 11.3 Å². The molecule has 4 heterocycles. The minimum absolute atomic E-state index is 0.0697. The number of hydrogen-bond donors (Lipinski definition) is 1. The zero-order valence-electron chi connectivity index (χ0n) is 12.8. The topological polar surface area (TPSA) is 71.3 Å². The highest BCUT2D eigenvalue weighted by Gasteiger charge is 2.28. The molecule has 1 saturated heterocycles. The maximum absolute atomic E-state index is 12.4. The summed E-state index contributed by atoms with van der Waals surface area (Å²) in [6.45, 7) is 1.35. The summed E-state index contributed by atoms with van der Waals surface area (Å²) in [4.78, 5) is 14.2. The second-order valence-electron chi connectivity index (χ2n) is 5.65. The summed E-state index contributed by atoms with van der Waals surface area (Å²) in [5, 5.41) is 18.0. The van der Waals surface area contributed by atoms with Crippen molar-refractivity contribution in [3.8, 4) is 11.5 Å². The number of nitrogens with zero attached hydrogens (tertiary/aromatic N) is 3. The molecule has 4 rings (SSSR count). The van der Waals surface area contributed by atoms with Gasteiger partial charge < -0.3 is 9.32 Å². The molecule has 2 amide bonds. The van der Waals surface area contributed by atoms with Crippen molar-refractivity contribution in [3.05, 3.63) is 40.2 Å². The van der Waals surface area contributed by atoms with Gasteiger partial charge in [-0.1, -0.05) is 0 Å². The summed E-state index contributed by atoms with van der Waals surface area (Å²) < 4.78 is 5.83. The van der Waals surface area contributed by atoms with Crippen LogP contribution in [0, 0.1) is 0 Å². The number of thiophene rings is 2.